The van der Waals surface area contributed by atoms with E-state index in [4.69, 9.17) is 19.6 Å². The van der Waals surface area contributed by atoms with E-state index in [1.165, 1.54) is 18.1 Å². The number of ether oxygens (including phenoxy) is 2. The van der Waals surface area contributed by atoms with E-state index < -0.39 is 11.9 Å². The zero-order chi connectivity index (χ0) is 24.5. The number of aromatic nitrogens is 2. The number of nitrogens with one attached hydrogen (secondary N) is 1. The SMILES string of the molecule is COc1ccc(Cc2nc3c(c4c2[nH]c2ccccc24)C(O)CN(C(=O)COCCO)C3)cc1F. The van der Waals surface area contributed by atoms with Crippen LogP contribution in [0.4, 0.5) is 4.39 Å². The van der Waals surface area contributed by atoms with Gasteiger partial charge in [-0.1, -0.05) is 24.3 Å². The summed E-state index contributed by atoms with van der Waals surface area (Å²) in [5.41, 5.74) is 4.40. The molecule has 8 nitrogen and oxygen atoms in total. The number of benzene rings is 2. The first-order valence-corrected chi connectivity index (χ1v) is 11.4. The lowest BCUT2D eigenvalue weighted by Crippen LogP contribution is -2.41. The number of amides is 1. The molecule has 1 aliphatic heterocycles. The van der Waals surface area contributed by atoms with Crippen LogP contribution in [-0.4, -0.2) is 64.5 Å². The molecular weight excluding hydrogens is 453 g/mol. The largest absolute Gasteiger partial charge is 0.494 e. The van der Waals surface area contributed by atoms with Crippen molar-refractivity contribution in [1.29, 1.82) is 0 Å². The Kier molecular flexibility index (Phi) is 6.38. The number of carbonyl (C=O) groups excluding carboxylic acids is 1. The quantitative estimate of drug-likeness (QED) is 0.352. The molecule has 3 heterocycles. The molecular formula is C26H26FN3O5. The first kappa shape index (κ1) is 23.2. The molecule has 2 aromatic heterocycles. The lowest BCUT2D eigenvalue weighted by Gasteiger charge is -2.32. The van der Waals surface area contributed by atoms with Crippen LogP contribution in [0.3, 0.4) is 0 Å². The Morgan fingerprint density at radius 3 is 2.89 bits per heavy atom. The predicted octanol–water partition coefficient (Wildman–Crippen LogP) is 2.84. The van der Waals surface area contributed by atoms with Crippen molar-refractivity contribution >= 4 is 27.7 Å². The molecule has 0 saturated heterocycles. The van der Waals surface area contributed by atoms with Crippen LogP contribution in [0.5, 0.6) is 5.75 Å². The van der Waals surface area contributed by atoms with Gasteiger partial charge in [0.25, 0.3) is 0 Å². The standard InChI is InChI=1S/C26H26FN3O5/c1-34-22-7-6-15(10-17(22)27)11-19-26-24(16-4-2-3-5-18(16)29-26)25-20(28-19)12-30(13-21(25)32)23(33)14-35-9-8-31/h2-7,10,21,29,31-32H,8-9,11-14H2,1H3. The third-order valence-electron chi connectivity index (χ3n) is 6.31. The van der Waals surface area contributed by atoms with Gasteiger partial charge >= 0.3 is 0 Å². The maximum absolute atomic E-state index is 14.4. The Morgan fingerprint density at radius 1 is 1.29 bits per heavy atom. The van der Waals surface area contributed by atoms with Crippen LogP contribution >= 0.6 is 0 Å². The summed E-state index contributed by atoms with van der Waals surface area (Å²) < 4.78 is 24.6. The molecule has 35 heavy (non-hydrogen) atoms. The Hall–Kier alpha value is -3.53. The van der Waals surface area contributed by atoms with E-state index in [9.17, 15) is 14.3 Å². The van der Waals surface area contributed by atoms with E-state index >= 15 is 0 Å². The fourth-order valence-corrected chi connectivity index (χ4v) is 4.73. The average Bonchev–Trinajstić information content (AvgIpc) is 3.24. The van der Waals surface area contributed by atoms with Crippen LogP contribution < -0.4 is 4.74 Å². The molecule has 0 spiro atoms. The predicted molar refractivity (Wildman–Crippen MR) is 128 cm³/mol. The molecule has 0 bridgehead atoms. The number of hydrogen-bond donors (Lipinski definition) is 3. The molecule has 1 amide bonds. The number of para-hydroxylation sites is 1. The fourth-order valence-electron chi connectivity index (χ4n) is 4.73. The van der Waals surface area contributed by atoms with Crippen LogP contribution in [0.25, 0.3) is 21.8 Å². The van der Waals surface area contributed by atoms with Gasteiger partial charge in [-0.25, -0.2) is 4.39 Å². The minimum Gasteiger partial charge on any atom is -0.494 e. The molecule has 0 saturated carbocycles. The average molecular weight is 480 g/mol. The number of nitrogens with zero attached hydrogens (tertiary/aromatic N) is 2. The van der Waals surface area contributed by atoms with Crippen molar-refractivity contribution in [2.75, 3.05) is 33.5 Å². The Labute approximate surface area is 200 Å². The van der Waals surface area contributed by atoms with Gasteiger partial charge in [-0.2, -0.15) is 0 Å². The van der Waals surface area contributed by atoms with E-state index in [1.54, 1.807) is 12.1 Å². The number of aliphatic hydroxyl groups is 2. The number of fused-ring (bicyclic) bond motifs is 5. The Morgan fingerprint density at radius 2 is 2.11 bits per heavy atom. The molecule has 1 aliphatic rings. The number of carbonyl (C=O) groups is 1. The lowest BCUT2D eigenvalue weighted by molar-refractivity contribution is -0.139. The van der Waals surface area contributed by atoms with E-state index in [-0.39, 0.29) is 44.6 Å². The number of aromatic amines is 1. The number of hydrogen-bond acceptors (Lipinski definition) is 6. The van der Waals surface area contributed by atoms with Gasteiger partial charge in [0, 0.05) is 28.3 Å². The molecule has 2 aromatic carbocycles. The van der Waals surface area contributed by atoms with Crippen molar-refractivity contribution < 1.29 is 28.9 Å². The van der Waals surface area contributed by atoms with Gasteiger partial charge in [0.15, 0.2) is 11.6 Å². The molecule has 0 radical (unpaired) electrons. The third-order valence-corrected chi connectivity index (χ3v) is 6.31. The summed E-state index contributed by atoms with van der Waals surface area (Å²) in [4.78, 5) is 22.4. The zero-order valence-corrected chi connectivity index (χ0v) is 19.3. The molecule has 1 atom stereocenters. The highest BCUT2D eigenvalue weighted by Gasteiger charge is 2.32. The lowest BCUT2D eigenvalue weighted by atomic mass is 9.94. The first-order chi connectivity index (χ1) is 17.0. The van der Waals surface area contributed by atoms with Gasteiger partial charge in [0.05, 0.1) is 56.4 Å². The molecule has 0 aliphatic carbocycles. The van der Waals surface area contributed by atoms with E-state index in [1.807, 2.05) is 24.3 Å². The molecule has 3 N–H and O–H groups in total. The van der Waals surface area contributed by atoms with Crippen molar-refractivity contribution in [1.82, 2.24) is 14.9 Å². The van der Waals surface area contributed by atoms with Crippen molar-refractivity contribution in [3.8, 4) is 5.75 Å². The highest BCUT2D eigenvalue weighted by Crippen LogP contribution is 2.38. The molecule has 4 aromatic rings. The van der Waals surface area contributed by atoms with Crippen LogP contribution in [0.15, 0.2) is 42.5 Å². The van der Waals surface area contributed by atoms with Crippen LogP contribution in [0.1, 0.15) is 28.6 Å². The van der Waals surface area contributed by atoms with E-state index in [0.717, 1.165) is 27.4 Å². The van der Waals surface area contributed by atoms with E-state index in [0.29, 0.717) is 23.4 Å². The number of H-pyrrole nitrogens is 1. The zero-order valence-electron chi connectivity index (χ0n) is 19.3. The highest BCUT2D eigenvalue weighted by molar-refractivity contribution is 6.10. The summed E-state index contributed by atoms with van der Waals surface area (Å²) in [6.07, 6.45) is -0.580. The summed E-state index contributed by atoms with van der Waals surface area (Å²) in [7, 11) is 1.42. The summed E-state index contributed by atoms with van der Waals surface area (Å²) in [6, 6.07) is 12.6. The van der Waals surface area contributed by atoms with Gasteiger partial charge in [0.1, 0.15) is 6.61 Å². The maximum atomic E-state index is 14.4. The monoisotopic (exact) mass is 479 g/mol. The van der Waals surface area contributed by atoms with Gasteiger partial charge in [-0.05, 0) is 23.8 Å². The number of pyridine rings is 1. The second-order valence-electron chi connectivity index (χ2n) is 8.55. The van der Waals surface area contributed by atoms with Crippen molar-refractivity contribution in [2.24, 2.45) is 0 Å². The summed E-state index contributed by atoms with van der Waals surface area (Å²) in [5.74, 6) is -0.572. The van der Waals surface area contributed by atoms with Gasteiger partial charge in [-0.15, -0.1) is 0 Å². The molecule has 1 unspecified atom stereocenters. The van der Waals surface area contributed by atoms with Gasteiger partial charge in [-0.3, -0.25) is 9.78 Å². The van der Waals surface area contributed by atoms with Gasteiger partial charge < -0.3 is 29.6 Å². The Balaban J connectivity index is 1.60. The van der Waals surface area contributed by atoms with Gasteiger partial charge in [0.2, 0.25) is 5.91 Å². The second-order valence-corrected chi connectivity index (χ2v) is 8.55. The topological polar surface area (TPSA) is 108 Å². The normalized spacial score (nSPS) is 15.5. The molecule has 182 valence electrons. The maximum Gasteiger partial charge on any atom is 0.249 e. The number of rotatable bonds is 7. The first-order valence-electron chi connectivity index (χ1n) is 11.4. The Bertz CT molecular complexity index is 1400. The van der Waals surface area contributed by atoms with Crippen LogP contribution in [0.2, 0.25) is 0 Å². The molecule has 0 fully saturated rings. The van der Waals surface area contributed by atoms with Crippen LogP contribution in [-0.2, 0) is 22.5 Å². The van der Waals surface area contributed by atoms with E-state index in [2.05, 4.69) is 4.98 Å². The fraction of sp³-hybridized carbons (Fsp3) is 0.308. The summed E-state index contributed by atoms with van der Waals surface area (Å²) in [5, 5.41) is 21.8. The molecule has 5 rings (SSSR count). The van der Waals surface area contributed by atoms with Crippen molar-refractivity contribution in [3.63, 3.8) is 0 Å². The number of β-amino-alcohol motifs (C(OH)–C–C–N with tert-alkyl or cyclic N) is 1. The van der Waals surface area contributed by atoms with Crippen LogP contribution in [0, 0.1) is 5.82 Å². The third kappa shape index (κ3) is 4.34. The number of halogens is 1. The van der Waals surface area contributed by atoms with Crippen molar-refractivity contribution in [3.05, 3.63) is 70.8 Å². The number of methoxy groups -OCH3 is 1. The number of aliphatic hydroxyl groups excluding tert-OH is 2. The minimum atomic E-state index is -0.928. The molecule has 9 heteroatoms. The summed E-state index contributed by atoms with van der Waals surface area (Å²) >= 11 is 0. The minimum absolute atomic E-state index is 0.0650. The van der Waals surface area contributed by atoms with Crippen molar-refractivity contribution in [2.45, 2.75) is 19.1 Å². The summed E-state index contributed by atoms with van der Waals surface area (Å²) in [6.45, 7) is 0.0420. The highest BCUT2D eigenvalue weighted by atomic mass is 19.1. The smallest absolute Gasteiger partial charge is 0.249 e. The second kappa shape index (κ2) is 9.61.